The van der Waals surface area contributed by atoms with Crippen LogP contribution in [0.25, 0.3) is 0 Å². The van der Waals surface area contributed by atoms with Gasteiger partial charge in [0.25, 0.3) is 0 Å². The van der Waals surface area contributed by atoms with Crippen LogP contribution >= 0.6 is 58.0 Å². The number of benzene rings is 1. The van der Waals surface area contributed by atoms with E-state index in [2.05, 4.69) is 19.1 Å². The summed E-state index contributed by atoms with van der Waals surface area (Å²) in [4.78, 5) is 0. The van der Waals surface area contributed by atoms with Gasteiger partial charge in [0.2, 0.25) is 0 Å². The molecule has 0 atom stereocenters. The van der Waals surface area contributed by atoms with Crippen molar-refractivity contribution in [1.82, 2.24) is 0 Å². The third-order valence-corrected chi connectivity index (χ3v) is 0.940. The van der Waals surface area contributed by atoms with E-state index < -0.39 is 4.30 Å². The molecule has 0 saturated heterocycles. The summed E-state index contributed by atoms with van der Waals surface area (Å²) in [5, 5.41) is 0.194. The first kappa shape index (κ1) is 17.1. The van der Waals surface area contributed by atoms with E-state index in [-0.39, 0.29) is 5.34 Å². The molecular formula is C9H11Cl5. The summed E-state index contributed by atoms with van der Waals surface area (Å²) >= 11 is 23.9. The van der Waals surface area contributed by atoms with Gasteiger partial charge in [0.1, 0.15) is 0 Å². The maximum absolute atomic E-state index is 4.81. The molecule has 0 aliphatic rings. The highest BCUT2D eigenvalue weighted by molar-refractivity contribution is 6.63. The molecule has 82 valence electrons. The summed E-state index contributed by atoms with van der Waals surface area (Å²) in [6, 6.07) is 10.3. The fraction of sp³-hybridized carbons (Fsp3) is 0.333. The largest absolute Gasteiger partial charge is 0.180 e. The van der Waals surface area contributed by atoms with Gasteiger partial charge < -0.3 is 0 Å². The van der Waals surface area contributed by atoms with Crippen molar-refractivity contribution in [2.75, 3.05) is 5.34 Å². The van der Waals surface area contributed by atoms with Crippen LogP contribution in [0.5, 0.6) is 0 Å². The van der Waals surface area contributed by atoms with Crippen LogP contribution in [0.3, 0.4) is 0 Å². The summed E-state index contributed by atoms with van der Waals surface area (Å²) in [5.41, 5.74) is 1.32. The van der Waals surface area contributed by atoms with Crippen molar-refractivity contribution in [1.29, 1.82) is 0 Å². The monoisotopic (exact) mass is 294 g/mol. The van der Waals surface area contributed by atoms with Crippen molar-refractivity contribution in [3.8, 4) is 0 Å². The van der Waals surface area contributed by atoms with Crippen LogP contribution in [0.4, 0.5) is 0 Å². The molecule has 0 nitrogen and oxygen atoms in total. The number of hydrogen-bond donors (Lipinski definition) is 0. The molecule has 0 bridgehead atoms. The van der Waals surface area contributed by atoms with E-state index in [4.69, 9.17) is 58.0 Å². The minimum Gasteiger partial charge on any atom is -0.109 e. The molecule has 0 spiro atoms. The number of rotatable bonds is 0. The first-order valence-electron chi connectivity index (χ1n) is 3.60. The van der Waals surface area contributed by atoms with Gasteiger partial charge in [0, 0.05) is 0 Å². The van der Waals surface area contributed by atoms with E-state index in [9.17, 15) is 0 Å². The van der Waals surface area contributed by atoms with Crippen molar-refractivity contribution in [3.05, 3.63) is 35.9 Å². The van der Waals surface area contributed by atoms with Crippen LogP contribution in [0.15, 0.2) is 30.3 Å². The van der Waals surface area contributed by atoms with E-state index >= 15 is 0 Å². The van der Waals surface area contributed by atoms with Gasteiger partial charge in [0.15, 0.2) is 4.30 Å². The Morgan fingerprint density at radius 1 is 1.00 bits per heavy atom. The van der Waals surface area contributed by atoms with Crippen LogP contribution in [0.1, 0.15) is 5.56 Å². The Labute approximate surface area is 110 Å². The average Bonchev–Trinajstić information content (AvgIpc) is 2.05. The molecule has 1 rings (SSSR count). The normalized spacial score (nSPS) is 8.21. The molecule has 0 amide bonds. The van der Waals surface area contributed by atoms with Crippen LogP contribution in [0.2, 0.25) is 0 Å². The van der Waals surface area contributed by atoms with E-state index in [1.807, 2.05) is 18.2 Å². The Morgan fingerprint density at radius 2 is 1.29 bits per heavy atom. The van der Waals surface area contributed by atoms with Crippen LogP contribution in [-0.2, 0) is 0 Å². The van der Waals surface area contributed by atoms with E-state index in [0.29, 0.717) is 0 Å². The zero-order valence-electron chi connectivity index (χ0n) is 7.56. The maximum atomic E-state index is 4.81. The first-order valence-corrected chi connectivity index (χ1v) is 5.98. The number of hydrogen-bond acceptors (Lipinski definition) is 0. The minimum absolute atomic E-state index is 0.194. The summed E-state index contributed by atoms with van der Waals surface area (Å²) in [7, 11) is 0. The molecule has 0 saturated carbocycles. The lowest BCUT2D eigenvalue weighted by atomic mass is 10.2. The van der Waals surface area contributed by atoms with Gasteiger partial charge in [-0.2, -0.15) is 0 Å². The highest BCUT2D eigenvalue weighted by Gasteiger charge is 1.78. The lowest BCUT2D eigenvalue weighted by molar-refractivity contribution is 1.48. The third kappa shape index (κ3) is 23.0. The molecule has 0 heterocycles. The molecule has 0 radical (unpaired) electrons. The molecule has 0 aliphatic heterocycles. The lowest BCUT2D eigenvalue weighted by Crippen LogP contribution is -1.62. The molecule has 0 fully saturated rings. The van der Waals surface area contributed by atoms with Gasteiger partial charge in [-0.3, -0.25) is 0 Å². The summed E-state index contributed by atoms with van der Waals surface area (Å²) < 4.78 is -0.750. The summed E-state index contributed by atoms with van der Waals surface area (Å²) in [6.07, 6.45) is 0. The lowest BCUT2D eigenvalue weighted by Gasteiger charge is -1.82. The number of alkyl halides is 5. The Balaban J connectivity index is 0. The average molecular weight is 296 g/mol. The van der Waals surface area contributed by atoms with Crippen LogP contribution < -0.4 is 0 Å². The second-order valence-corrected chi connectivity index (χ2v) is 4.79. The van der Waals surface area contributed by atoms with Crippen molar-refractivity contribution >= 4 is 58.0 Å². The fourth-order valence-corrected chi connectivity index (χ4v) is 0.534. The highest BCUT2D eigenvalue weighted by atomic mass is 35.6. The quantitative estimate of drug-likeness (QED) is 0.562. The van der Waals surface area contributed by atoms with Crippen molar-refractivity contribution in [2.45, 2.75) is 11.2 Å². The van der Waals surface area contributed by atoms with Gasteiger partial charge in [-0.15, -0.1) is 23.2 Å². The van der Waals surface area contributed by atoms with Crippen LogP contribution in [-0.4, -0.2) is 9.63 Å². The molecule has 5 heteroatoms. The Kier molecular flexibility index (Phi) is 16.7. The molecule has 1 aromatic carbocycles. The maximum Gasteiger partial charge on any atom is 0.180 e. The Hall–Kier alpha value is 0.670. The van der Waals surface area contributed by atoms with Gasteiger partial charge in [-0.1, -0.05) is 70.7 Å². The first-order chi connectivity index (χ1) is 6.54. The van der Waals surface area contributed by atoms with E-state index in [0.717, 1.165) is 0 Å². The van der Waals surface area contributed by atoms with Crippen molar-refractivity contribution in [3.63, 3.8) is 0 Å². The van der Waals surface area contributed by atoms with Gasteiger partial charge in [0.05, 0.1) is 5.34 Å². The second kappa shape index (κ2) is 13.7. The van der Waals surface area contributed by atoms with Crippen molar-refractivity contribution in [2.24, 2.45) is 0 Å². The molecule has 0 aromatic heterocycles. The minimum atomic E-state index is -0.750. The smallest absolute Gasteiger partial charge is 0.109 e. The van der Waals surface area contributed by atoms with Crippen molar-refractivity contribution < 1.29 is 0 Å². The zero-order valence-corrected chi connectivity index (χ0v) is 11.3. The summed E-state index contributed by atoms with van der Waals surface area (Å²) in [5.74, 6) is 0. The highest BCUT2D eigenvalue weighted by Crippen LogP contribution is 2.03. The SMILES string of the molecule is Cc1ccccc1.ClC(Cl)Cl.ClCCl. The van der Waals surface area contributed by atoms with Gasteiger partial charge in [-0.05, 0) is 6.92 Å². The fourth-order valence-electron chi connectivity index (χ4n) is 0.534. The van der Waals surface area contributed by atoms with E-state index in [1.165, 1.54) is 5.56 Å². The molecule has 0 N–H and O–H groups in total. The second-order valence-electron chi connectivity index (χ2n) is 2.00. The Morgan fingerprint density at radius 3 is 1.43 bits per heavy atom. The van der Waals surface area contributed by atoms with Gasteiger partial charge in [-0.25, -0.2) is 0 Å². The summed E-state index contributed by atoms with van der Waals surface area (Å²) in [6.45, 7) is 2.08. The molecule has 14 heavy (non-hydrogen) atoms. The predicted octanol–water partition coefficient (Wildman–Crippen LogP) is 5.40. The topological polar surface area (TPSA) is 0 Å². The predicted molar refractivity (Wildman–Crippen MR) is 69.1 cm³/mol. The van der Waals surface area contributed by atoms with Gasteiger partial charge >= 0.3 is 0 Å². The molecule has 1 aromatic rings. The molecule has 0 unspecified atom stereocenters. The Bertz CT molecular complexity index is 185. The van der Waals surface area contributed by atoms with E-state index in [1.54, 1.807) is 0 Å². The molecular weight excluding hydrogens is 285 g/mol. The number of halogens is 5. The third-order valence-electron chi connectivity index (χ3n) is 0.940. The molecule has 0 aliphatic carbocycles. The van der Waals surface area contributed by atoms with Crippen LogP contribution in [0, 0.1) is 6.92 Å². The zero-order chi connectivity index (χ0) is 11.4. The standard InChI is InChI=1S/C7H8.CHCl3.CH2Cl2/c1-7-5-3-2-4-6-7;2-1(3)4;2-1-3/h2-6H,1H3;1H;1H2. The number of aryl methyl sites for hydroxylation is 1.